The second-order valence-corrected chi connectivity index (χ2v) is 2.57. The molecule has 0 unspecified atom stereocenters. The van der Waals surface area contributed by atoms with Crippen molar-refractivity contribution >= 4 is 56.5 Å². The molecule has 0 N–H and O–H groups in total. The van der Waals surface area contributed by atoms with E-state index in [0.717, 1.165) is 13.1 Å². The molecule has 0 rings (SSSR count). The normalized spacial score (nSPS) is 7.89. The molecule has 0 amide bonds. The molecule has 0 saturated heterocycles. The quantitative estimate of drug-likeness (QED) is 0.438. The molecular formula is C5H13NPbS2. The average molecular weight is 359 g/mol. The van der Waals surface area contributed by atoms with Crippen LogP contribution in [-0.4, -0.2) is 49.6 Å². The Morgan fingerprint density at radius 2 is 1.78 bits per heavy atom. The summed E-state index contributed by atoms with van der Waals surface area (Å²) in [5.41, 5.74) is 0. The van der Waals surface area contributed by atoms with Crippen molar-refractivity contribution in [3.05, 3.63) is 0 Å². The van der Waals surface area contributed by atoms with E-state index in [-0.39, 0.29) is 27.3 Å². The number of hydrogen-bond donors (Lipinski definition) is 1. The van der Waals surface area contributed by atoms with Crippen LogP contribution in [0.4, 0.5) is 0 Å². The van der Waals surface area contributed by atoms with Crippen molar-refractivity contribution in [2.75, 3.05) is 13.1 Å². The third-order valence-corrected chi connectivity index (χ3v) is 1.58. The van der Waals surface area contributed by atoms with E-state index in [1.54, 1.807) is 0 Å². The fourth-order valence-corrected chi connectivity index (χ4v) is 1.04. The molecule has 0 aromatic rings. The second kappa shape index (κ2) is 7.27. The molecule has 0 aliphatic rings. The van der Waals surface area contributed by atoms with Gasteiger partial charge in [0.1, 0.15) is 4.32 Å². The summed E-state index contributed by atoms with van der Waals surface area (Å²) in [6.07, 6.45) is 0. The molecule has 0 spiro atoms. The van der Waals surface area contributed by atoms with Gasteiger partial charge in [0, 0.05) is 13.1 Å². The van der Waals surface area contributed by atoms with Crippen LogP contribution in [0.3, 0.4) is 0 Å². The molecule has 0 aliphatic heterocycles. The van der Waals surface area contributed by atoms with Crippen LogP contribution in [0.25, 0.3) is 0 Å². The Kier molecular flexibility index (Phi) is 10.3. The maximum absolute atomic E-state index is 4.81. The first kappa shape index (κ1) is 12.8. The van der Waals surface area contributed by atoms with E-state index in [0.29, 0.717) is 4.32 Å². The van der Waals surface area contributed by atoms with Gasteiger partial charge in [0.15, 0.2) is 0 Å². The number of thiocarbonyl (C=S) groups is 1. The zero-order chi connectivity index (χ0) is 6.57. The number of rotatable bonds is 2. The van der Waals surface area contributed by atoms with Crippen molar-refractivity contribution < 1.29 is 0 Å². The van der Waals surface area contributed by atoms with Gasteiger partial charge in [0.25, 0.3) is 0 Å². The van der Waals surface area contributed by atoms with Gasteiger partial charge in [0.05, 0.1) is 0 Å². The molecule has 0 aliphatic carbocycles. The van der Waals surface area contributed by atoms with Crippen LogP contribution in [0.5, 0.6) is 0 Å². The molecule has 0 heterocycles. The second-order valence-electron chi connectivity index (χ2n) is 1.45. The van der Waals surface area contributed by atoms with E-state index >= 15 is 0 Å². The summed E-state index contributed by atoms with van der Waals surface area (Å²) >= 11 is 8.82. The monoisotopic (exact) mass is 359 g/mol. The van der Waals surface area contributed by atoms with Gasteiger partial charge in [-0.05, 0) is 13.8 Å². The van der Waals surface area contributed by atoms with Crippen molar-refractivity contribution in [1.82, 2.24) is 4.90 Å². The van der Waals surface area contributed by atoms with Crippen LogP contribution < -0.4 is 0 Å². The van der Waals surface area contributed by atoms with Crippen LogP contribution >= 0.6 is 24.8 Å². The molecule has 54 valence electrons. The molecule has 4 heteroatoms. The first-order chi connectivity index (χ1) is 3.72. The van der Waals surface area contributed by atoms with Crippen LogP contribution in [0.1, 0.15) is 13.8 Å². The maximum atomic E-state index is 4.81. The molecular weight excluding hydrogens is 345 g/mol. The van der Waals surface area contributed by atoms with Crippen molar-refractivity contribution in [3.63, 3.8) is 0 Å². The summed E-state index contributed by atoms with van der Waals surface area (Å²) in [4.78, 5) is 2.01. The first-order valence-corrected chi connectivity index (χ1v) is 3.55. The molecule has 2 radical (unpaired) electrons. The predicted molar refractivity (Wildman–Crippen MR) is 53.0 cm³/mol. The summed E-state index contributed by atoms with van der Waals surface area (Å²) in [6, 6.07) is 0. The van der Waals surface area contributed by atoms with Gasteiger partial charge in [-0.2, -0.15) is 0 Å². The SMILES string of the molecule is CCN(CC)C(=S)S.[PbH2]. The number of hydrogen-bond acceptors (Lipinski definition) is 1. The minimum absolute atomic E-state index is 0. The summed E-state index contributed by atoms with van der Waals surface area (Å²) in [7, 11) is 0. The summed E-state index contributed by atoms with van der Waals surface area (Å²) < 4.78 is 0.690. The molecule has 1 nitrogen and oxygen atoms in total. The molecule has 0 aromatic carbocycles. The summed E-state index contributed by atoms with van der Waals surface area (Å²) in [5, 5.41) is 0. The topological polar surface area (TPSA) is 3.24 Å². The molecule has 9 heavy (non-hydrogen) atoms. The van der Waals surface area contributed by atoms with E-state index in [4.69, 9.17) is 12.2 Å². The number of nitrogens with zero attached hydrogens (tertiary/aromatic N) is 1. The van der Waals surface area contributed by atoms with Crippen LogP contribution in [-0.2, 0) is 0 Å². The summed E-state index contributed by atoms with van der Waals surface area (Å²) in [6.45, 7) is 6.04. The van der Waals surface area contributed by atoms with Crippen LogP contribution in [0, 0.1) is 0 Å². The van der Waals surface area contributed by atoms with Gasteiger partial charge in [-0.3, -0.25) is 0 Å². The Morgan fingerprint density at radius 3 is 1.78 bits per heavy atom. The fraction of sp³-hybridized carbons (Fsp3) is 0.800. The zero-order valence-corrected chi connectivity index (χ0v) is 13.1. The third-order valence-electron chi connectivity index (χ3n) is 1.03. The molecule has 0 saturated carbocycles. The Balaban J connectivity index is 0. The Hall–Kier alpha value is 1.16. The van der Waals surface area contributed by atoms with E-state index in [9.17, 15) is 0 Å². The number of thiol groups is 1. The molecule has 0 fully saturated rings. The molecule has 0 atom stereocenters. The van der Waals surface area contributed by atoms with Gasteiger partial charge in [0.2, 0.25) is 0 Å². The third kappa shape index (κ3) is 5.60. The van der Waals surface area contributed by atoms with E-state index in [1.807, 2.05) is 4.90 Å². The van der Waals surface area contributed by atoms with Crippen molar-refractivity contribution in [2.24, 2.45) is 0 Å². The van der Waals surface area contributed by atoms with E-state index in [2.05, 4.69) is 26.5 Å². The van der Waals surface area contributed by atoms with E-state index in [1.165, 1.54) is 0 Å². The van der Waals surface area contributed by atoms with Crippen LogP contribution in [0.2, 0.25) is 0 Å². The van der Waals surface area contributed by atoms with Gasteiger partial charge >= 0.3 is 27.3 Å². The molecule has 0 bridgehead atoms. The Labute approximate surface area is 87.8 Å². The predicted octanol–water partition coefficient (Wildman–Crippen LogP) is 0.627. The van der Waals surface area contributed by atoms with Crippen molar-refractivity contribution in [3.8, 4) is 0 Å². The van der Waals surface area contributed by atoms with Gasteiger partial charge in [-0.25, -0.2) is 0 Å². The van der Waals surface area contributed by atoms with Gasteiger partial charge in [-0.15, -0.1) is 12.6 Å². The standard InChI is InChI=1S/C5H11NS2.Pb.2H/c1-3-6(4-2)5(7)8;;;/h3-4H2,1-2H3,(H,7,8);;;. The van der Waals surface area contributed by atoms with Crippen molar-refractivity contribution in [2.45, 2.75) is 13.8 Å². The Bertz CT molecular complexity index is 83.0. The average Bonchev–Trinajstić information content (AvgIpc) is 1.69. The Morgan fingerprint density at radius 1 is 1.44 bits per heavy atom. The zero-order valence-electron chi connectivity index (χ0n) is 5.92. The first-order valence-electron chi connectivity index (χ1n) is 2.70. The van der Waals surface area contributed by atoms with Crippen LogP contribution in [0.15, 0.2) is 0 Å². The minimum atomic E-state index is 0. The summed E-state index contributed by atoms with van der Waals surface area (Å²) in [5.74, 6) is 0. The van der Waals surface area contributed by atoms with E-state index < -0.39 is 0 Å². The van der Waals surface area contributed by atoms with Gasteiger partial charge < -0.3 is 4.90 Å². The van der Waals surface area contributed by atoms with Gasteiger partial charge in [-0.1, -0.05) is 12.2 Å². The molecule has 0 aromatic heterocycles. The fourth-order valence-electron chi connectivity index (χ4n) is 0.494. The van der Waals surface area contributed by atoms with Crippen molar-refractivity contribution in [1.29, 1.82) is 0 Å².